The third-order valence-corrected chi connectivity index (χ3v) is 3.57. The maximum absolute atomic E-state index is 12.1. The summed E-state index contributed by atoms with van der Waals surface area (Å²) in [5, 5.41) is 2.96. The molecule has 0 aliphatic rings. The van der Waals surface area contributed by atoms with Crippen molar-refractivity contribution in [1.82, 2.24) is 5.32 Å². The first-order chi connectivity index (χ1) is 11.4. The van der Waals surface area contributed by atoms with Crippen LogP contribution in [0.25, 0.3) is 6.08 Å². The number of methoxy groups -OCH3 is 2. The van der Waals surface area contributed by atoms with E-state index in [0.29, 0.717) is 18.8 Å². The normalized spacial score (nSPS) is 12.2. The Bertz CT molecular complexity index is 549. The predicted molar refractivity (Wildman–Crippen MR) is 94.7 cm³/mol. The monoisotopic (exact) mass is 333 g/mol. The smallest absolute Gasteiger partial charge is 0.305 e. The van der Waals surface area contributed by atoms with Crippen molar-refractivity contribution in [2.75, 3.05) is 14.2 Å². The molecule has 0 radical (unpaired) electrons. The van der Waals surface area contributed by atoms with Crippen LogP contribution in [0, 0.1) is 5.92 Å². The highest BCUT2D eigenvalue weighted by molar-refractivity contribution is 5.91. The van der Waals surface area contributed by atoms with Gasteiger partial charge in [-0.3, -0.25) is 9.59 Å². The third-order valence-electron chi connectivity index (χ3n) is 3.57. The molecule has 1 N–H and O–H groups in total. The fourth-order valence-corrected chi connectivity index (χ4v) is 2.35. The SMILES string of the molecule is COC(=O)CC[C@@H](CC(C)C)NC(=O)C=Cc1ccc(OC)cc1. The molecule has 132 valence electrons. The van der Waals surface area contributed by atoms with Gasteiger partial charge >= 0.3 is 5.97 Å². The molecule has 0 bridgehead atoms. The molecule has 0 unspecified atom stereocenters. The Morgan fingerprint density at radius 2 is 1.83 bits per heavy atom. The highest BCUT2D eigenvalue weighted by Gasteiger charge is 2.14. The number of amides is 1. The molecule has 1 atom stereocenters. The van der Waals surface area contributed by atoms with E-state index >= 15 is 0 Å². The van der Waals surface area contributed by atoms with E-state index in [4.69, 9.17) is 4.74 Å². The Balaban J connectivity index is 2.58. The van der Waals surface area contributed by atoms with E-state index in [2.05, 4.69) is 23.9 Å². The van der Waals surface area contributed by atoms with E-state index in [1.165, 1.54) is 13.2 Å². The minimum atomic E-state index is -0.258. The van der Waals surface area contributed by atoms with Gasteiger partial charge in [0, 0.05) is 18.5 Å². The number of benzene rings is 1. The second-order valence-electron chi connectivity index (χ2n) is 6.06. The van der Waals surface area contributed by atoms with Crippen LogP contribution in [0.1, 0.15) is 38.7 Å². The Kier molecular flexibility index (Phi) is 8.61. The van der Waals surface area contributed by atoms with Gasteiger partial charge in [0.1, 0.15) is 5.75 Å². The van der Waals surface area contributed by atoms with Crippen molar-refractivity contribution in [1.29, 1.82) is 0 Å². The molecule has 0 saturated heterocycles. The summed E-state index contributed by atoms with van der Waals surface area (Å²) < 4.78 is 9.76. The highest BCUT2D eigenvalue weighted by Crippen LogP contribution is 2.13. The van der Waals surface area contributed by atoms with Crippen molar-refractivity contribution < 1.29 is 19.1 Å². The number of hydrogen-bond acceptors (Lipinski definition) is 4. The average Bonchev–Trinajstić information content (AvgIpc) is 2.57. The number of carbonyl (C=O) groups is 2. The number of carbonyl (C=O) groups excluding carboxylic acids is 2. The Morgan fingerprint density at radius 3 is 2.38 bits per heavy atom. The van der Waals surface area contributed by atoms with Gasteiger partial charge in [-0.25, -0.2) is 0 Å². The van der Waals surface area contributed by atoms with Crippen LogP contribution >= 0.6 is 0 Å². The quantitative estimate of drug-likeness (QED) is 0.557. The first-order valence-corrected chi connectivity index (χ1v) is 8.14. The maximum atomic E-state index is 12.1. The first-order valence-electron chi connectivity index (χ1n) is 8.14. The van der Waals surface area contributed by atoms with E-state index in [1.54, 1.807) is 13.2 Å². The molecule has 5 nitrogen and oxygen atoms in total. The zero-order chi connectivity index (χ0) is 17.9. The molecule has 1 amide bonds. The Hall–Kier alpha value is -2.30. The van der Waals surface area contributed by atoms with Gasteiger partial charge in [0.25, 0.3) is 0 Å². The van der Waals surface area contributed by atoms with Gasteiger partial charge in [-0.15, -0.1) is 0 Å². The maximum Gasteiger partial charge on any atom is 0.305 e. The molecular weight excluding hydrogens is 306 g/mol. The van der Waals surface area contributed by atoms with Gasteiger partial charge < -0.3 is 14.8 Å². The number of ether oxygens (including phenoxy) is 2. The molecule has 0 saturated carbocycles. The number of rotatable bonds is 9. The molecule has 24 heavy (non-hydrogen) atoms. The minimum absolute atomic E-state index is 0.0443. The lowest BCUT2D eigenvalue weighted by Gasteiger charge is -2.19. The second-order valence-corrected chi connectivity index (χ2v) is 6.06. The molecule has 0 aromatic heterocycles. The standard InChI is InChI=1S/C19H27NO4/c1-14(2)13-16(8-12-19(22)24-4)20-18(21)11-7-15-5-9-17(23-3)10-6-15/h5-7,9-11,14,16H,8,12-13H2,1-4H3,(H,20,21)/t16-/m0/s1. The summed E-state index contributed by atoms with van der Waals surface area (Å²) in [7, 11) is 2.98. The van der Waals surface area contributed by atoms with Gasteiger partial charge in [0.2, 0.25) is 5.91 Å². The van der Waals surface area contributed by atoms with Gasteiger partial charge in [-0.2, -0.15) is 0 Å². The lowest BCUT2D eigenvalue weighted by molar-refractivity contribution is -0.141. The summed E-state index contributed by atoms with van der Waals surface area (Å²) >= 11 is 0. The van der Waals surface area contributed by atoms with Crippen LogP contribution in [-0.2, 0) is 14.3 Å². The molecule has 0 heterocycles. The molecule has 5 heteroatoms. The molecule has 1 rings (SSSR count). The van der Waals surface area contributed by atoms with Crippen LogP contribution in [-0.4, -0.2) is 32.1 Å². The van der Waals surface area contributed by atoms with Gasteiger partial charge in [-0.1, -0.05) is 26.0 Å². The number of hydrogen-bond donors (Lipinski definition) is 1. The van der Waals surface area contributed by atoms with Crippen LogP contribution in [0.5, 0.6) is 5.75 Å². The number of nitrogens with one attached hydrogen (secondary N) is 1. The van der Waals surface area contributed by atoms with Crippen molar-refractivity contribution in [2.45, 2.75) is 39.2 Å². The zero-order valence-electron chi connectivity index (χ0n) is 14.9. The van der Waals surface area contributed by atoms with E-state index in [1.807, 2.05) is 24.3 Å². The lowest BCUT2D eigenvalue weighted by Crippen LogP contribution is -2.35. The predicted octanol–water partition coefficient (Wildman–Crippen LogP) is 3.19. The molecule has 1 aromatic carbocycles. The van der Waals surface area contributed by atoms with Crippen molar-refractivity contribution >= 4 is 18.0 Å². The third kappa shape index (κ3) is 7.81. The minimum Gasteiger partial charge on any atom is -0.497 e. The van der Waals surface area contributed by atoms with E-state index < -0.39 is 0 Å². The van der Waals surface area contributed by atoms with Crippen LogP contribution < -0.4 is 10.1 Å². The van der Waals surface area contributed by atoms with Gasteiger partial charge in [-0.05, 0) is 42.5 Å². The number of esters is 1. The topological polar surface area (TPSA) is 64.6 Å². The van der Waals surface area contributed by atoms with Crippen LogP contribution in [0.3, 0.4) is 0 Å². The second kappa shape index (κ2) is 10.5. The molecule has 1 aromatic rings. The summed E-state index contributed by atoms with van der Waals surface area (Å²) in [6.07, 6.45) is 4.96. The average molecular weight is 333 g/mol. The van der Waals surface area contributed by atoms with E-state index in [9.17, 15) is 9.59 Å². The van der Waals surface area contributed by atoms with E-state index in [0.717, 1.165) is 17.7 Å². The van der Waals surface area contributed by atoms with Crippen molar-refractivity contribution in [3.05, 3.63) is 35.9 Å². The van der Waals surface area contributed by atoms with Crippen molar-refractivity contribution in [3.8, 4) is 5.75 Å². The Labute approximate surface area is 144 Å². The zero-order valence-corrected chi connectivity index (χ0v) is 14.9. The summed E-state index contributed by atoms with van der Waals surface area (Å²) in [6.45, 7) is 4.18. The summed E-state index contributed by atoms with van der Waals surface area (Å²) in [4.78, 5) is 23.4. The van der Waals surface area contributed by atoms with Gasteiger partial charge in [0.15, 0.2) is 0 Å². The largest absolute Gasteiger partial charge is 0.497 e. The Morgan fingerprint density at radius 1 is 1.17 bits per heavy atom. The molecule has 0 aliphatic heterocycles. The first kappa shape index (κ1) is 19.7. The van der Waals surface area contributed by atoms with E-state index in [-0.39, 0.29) is 17.9 Å². The summed E-state index contributed by atoms with van der Waals surface area (Å²) in [6, 6.07) is 7.40. The van der Waals surface area contributed by atoms with Crippen LogP contribution in [0.2, 0.25) is 0 Å². The van der Waals surface area contributed by atoms with Crippen LogP contribution in [0.4, 0.5) is 0 Å². The van der Waals surface area contributed by atoms with Crippen LogP contribution in [0.15, 0.2) is 30.3 Å². The molecule has 0 fully saturated rings. The van der Waals surface area contributed by atoms with Gasteiger partial charge in [0.05, 0.1) is 14.2 Å². The van der Waals surface area contributed by atoms with Crippen molar-refractivity contribution in [2.24, 2.45) is 5.92 Å². The lowest BCUT2D eigenvalue weighted by atomic mass is 9.99. The van der Waals surface area contributed by atoms with Crippen molar-refractivity contribution in [3.63, 3.8) is 0 Å². The molecule has 0 aliphatic carbocycles. The molecule has 0 spiro atoms. The highest BCUT2D eigenvalue weighted by atomic mass is 16.5. The molecular formula is C19H27NO4. The fourth-order valence-electron chi connectivity index (χ4n) is 2.35. The fraction of sp³-hybridized carbons (Fsp3) is 0.474. The summed E-state index contributed by atoms with van der Waals surface area (Å²) in [5.74, 6) is 0.781. The summed E-state index contributed by atoms with van der Waals surface area (Å²) in [5.41, 5.74) is 0.918.